The van der Waals surface area contributed by atoms with E-state index in [-0.39, 0.29) is 0 Å². The van der Waals surface area contributed by atoms with Crippen LogP contribution in [0.25, 0.3) is 6.08 Å². The van der Waals surface area contributed by atoms with E-state index in [4.69, 9.17) is 9.47 Å². The molecule has 0 bridgehead atoms. The molecule has 0 saturated carbocycles. The Bertz CT molecular complexity index is 445. The number of nitrogens with zero attached hydrogens (tertiary/aromatic N) is 1. The summed E-state index contributed by atoms with van der Waals surface area (Å²) in [6.07, 6.45) is 2.27. The summed E-state index contributed by atoms with van der Waals surface area (Å²) >= 11 is 3.34. The zero-order valence-electron chi connectivity index (χ0n) is 9.47. The van der Waals surface area contributed by atoms with Gasteiger partial charge >= 0.3 is 0 Å². The van der Waals surface area contributed by atoms with E-state index in [1.807, 2.05) is 6.92 Å². The van der Waals surface area contributed by atoms with Crippen LogP contribution in [0.3, 0.4) is 0 Å². The number of nitro groups is 1. The molecule has 92 valence electrons. The number of rotatable bonds is 5. The Morgan fingerprint density at radius 3 is 2.76 bits per heavy atom. The lowest BCUT2D eigenvalue weighted by atomic mass is 10.2. The minimum Gasteiger partial charge on any atom is -0.493 e. The van der Waals surface area contributed by atoms with Gasteiger partial charge in [-0.3, -0.25) is 10.1 Å². The fourth-order valence-electron chi connectivity index (χ4n) is 1.27. The molecule has 0 aromatic heterocycles. The molecule has 17 heavy (non-hydrogen) atoms. The highest BCUT2D eigenvalue weighted by Crippen LogP contribution is 2.36. The molecule has 0 heterocycles. The normalized spacial score (nSPS) is 10.5. The maximum Gasteiger partial charge on any atom is 0.235 e. The molecule has 0 amide bonds. The van der Waals surface area contributed by atoms with Crippen LogP contribution in [0.4, 0.5) is 0 Å². The summed E-state index contributed by atoms with van der Waals surface area (Å²) in [6, 6.07) is 3.41. The molecule has 0 unspecified atom stereocenters. The first-order chi connectivity index (χ1) is 8.08. The molecule has 1 rings (SSSR count). The van der Waals surface area contributed by atoms with Crippen LogP contribution in [0, 0.1) is 10.1 Å². The molecule has 0 N–H and O–H groups in total. The molecule has 1 aromatic carbocycles. The molecule has 0 spiro atoms. The molecule has 5 nitrogen and oxygen atoms in total. The van der Waals surface area contributed by atoms with E-state index < -0.39 is 4.92 Å². The van der Waals surface area contributed by atoms with Crippen molar-refractivity contribution < 1.29 is 14.4 Å². The van der Waals surface area contributed by atoms with Gasteiger partial charge in [0, 0.05) is 6.08 Å². The lowest BCUT2D eigenvalue weighted by Gasteiger charge is -2.11. The second-order valence-electron chi connectivity index (χ2n) is 3.07. The summed E-state index contributed by atoms with van der Waals surface area (Å²) in [7, 11) is 1.52. The lowest BCUT2D eigenvalue weighted by Crippen LogP contribution is -1.97. The smallest absolute Gasteiger partial charge is 0.235 e. The largest absolute Gasteiger partial charge is 0.493 e. The van der Waals surface area contributed by atoms with Crippen LogP contribution in [-0.2, 0) is 0 Å². The maximum absolute atomic E-state index is 10.2. The topological polar surface area (TPSA) is 61.6 Å². The number of halogens is 1. The highest BCUT2D eigenvalue weighted by atomic mass is 79.9. The SMILES string of the molecule is CCOc1c(Br)cc(/C=C\[N+](=O)[O-])cc1OC. The molecule has 1 aromatic rings. The van der Waals surface area contributed by atoms with Crippen molar-refractivity contribution in [3.05, 3.63) is 38.5 Å². The summed E-state index contributed by atoms with van der Waals surface area (Å²) in [5.74, 6) is 1.12. The Kier molecular flexibility index (Phi) is 4.96. The predicted octanol–water partition coefficient (Wildman–Crippen LogP) is 3.10. The van der Waals surface area contributed by atoms with Crippen molar-refractivity contribution in [3.63, 3.8) is 0 Å². The average Bonchev–Trinajstić information content (AvgIpc) is 2.29. The summed E-state index contributed by atoms with van der Waals surface area (Å²) < 4.78 is 11.3. The van der Waals surface area contributed by atoms with Crippen LogP contribution in [0.1, 0.15) is 12.5 Å². The first-order valence-corrected chi connectivity index (χ1v) is 5.69. The Morgan fingerprint density at radius 1 is 1.53 bits per heavy atom. The third-order valence-electron chi connectivity index (χ3n) is 1.93. The van der Waals surface area contributed by atoms with Gasteiger partial charge in [0.1, 0.15) is 0 Å². The number of benzene rings is 1. The molecule has 0 fully saturated rings. The van der Waals surface area contributed by atoms with Crippen LogP contribution >= 0.6 is 15.9 Å². The van der Waals surface area contributed by atoms with Crippen LogP contribution in [-0.4, -0.2) is 18.6 Å². The molecule has 6 heteroatoms. The fourth-order valence-corrected chi connectivity index (χ4v) is 1.84. The molecule has 0 saturated heterocycles. The molecular weight excluding hydrogens is 290 g/mol. The average molecular weight is 302 g/mol. The minimum atomic E-state index is -0.517. The van der Waals surface area contributed by atoms with E-state index >= 15 is 0 Å². The third-order valence-corrected chi connectivity index (χ3v) is 2.52. The monoisotopic (exact) mass is 301 g/mol. The Balaban J connectivity index is 3.12. The molecule has 0 radical (unpaired) electrons. The van der Waals surface area contributed by atoms with Gasteiger partial charge in [0.05, 0.1) is 23.1 Å². The second kappa shape index (κ2) is 6.24. The first-order valence-electron chi connectivity index (χ1n) is 4.90. The quantitative estimate of drug-likeness (QED) is 0.619. The van der Waals surface area contributed by atoms with E-state index in [1.54, 1.807) is 12.1 Å². The van der Waals surface area contributed by atoms with Crippen LogP contribution in [0.2, 0.25) is 0 Å². The third kappa shape index (κ3) is 3.74. The van der Waals surface area contributed by atoms with E-state index in [0.717, 1.165) is 6.20 Å². The summed E-state index contributed by atoms with van der Waals surface area (Å²) in [5, 5.41) is 10.2. The van der Waals surface area contributed by atoms with Gasteiger partial charge in [-0.1, -0.05) is 0 Å². The molecule has 0 aliphatic rings. The highest BCUT2D eigenvalue weighted by molar-refractivity contribution is 9.10. The zero-order valence-corrected chi connectivity index (χ0v) is 11.1. The number of ether oxygens (including phenoxy) is 2. The van der Waals surface area contributed by atoms with Gasteiger partial charge in [0.25, 0.3) is 0 Å². The molecule has 0 aliphatic carbocycles. The van der Waals surface area contributed by atoms with Crippen molar-refractivity contribution in [1.29, 1.82) is 0 Å². The van der Waals surface area contributed by atoms with Crippen molar-refractivity contribution in [2.75, 3.05) is 13.7 Å². The summed E-state index contributed by atoms with van der Waals surface area (Å²) in [5.41, 5.74) is 0.661. The van der Waals surface area contributed by atoms with Crippen molar-refractivity contribution in [3.8, 4) is 11.5 Å². The Morgan fingerprint density at radius 2 is 2.24 bits per heavy atom. The van der Waals surface area contributed by atoms with E-state index in [1.165, 1.54) is 13.2 Å². The lowest BCUT2D eigenvalue weighted by molar-refractivity contribution is -0.400. The molecular formula is C11H12BrNO4. The summed E-state index contributed by atoms with van der Waals surface area (Å²) in [6.45, 7) is 2.38. The molecule has 0 aliphatic heterocycles. The van der Waals surface area contributed by atoms with Gasteiger partial charge in [0.15, 0.2) is 11.5 Å². The number of hydrogen-bond donors (Lipinski definition) is 0. The van der Waals surface area contributed by atoms with Crippen molar-refractivity contribution in [2.24, 2.45) is 0 Å². The predicted molar refractivity (Wildman–Crippen MR) is 67.9 cm³/mol. The highest BCUT2D eigenvalue weighted by Gasteiger charge is 2.10. The zero-order chi connectivity index (χ0) is 12.8. The Labute approximate surface area is 107 Å². The fraction of sp³-hybridized carbons (Fsp3) is 0.273. The van der Waals surface area contributed by atoms with Crippen molar-refractivity contribution >= 4 is 22.0 Å². The minimum absolute atomic E-state index is 0.513. The van der Waals surface area contributed by atoms with E-state index in [9.17, 15) is 10.1 Å². The second-order valence-corrected chi connectivity index (χ2v) is 3.92. The van der Waals surface area contributed by atoms with Crippen LogP contribution in [0.5, 0.6) is 11.5 Å². The van der Waals surface area contributed by atoms with Crippen molar-refractivity contribution in [2.45, 2.75) is 6.92 Å². The van der Waals surface area contributed by atoms with E-state index in [0.29, 0.717) is 28.1 Å². The molecule has 0 atom stereocenters. The summed E-state index contributed by atoms with van der Waals surface area (Å²) in [4.78, 5) is 9.72. The number of hydrogen-bond acceptors (Lipinski definition) is 4. The standard InChI is InChI=1S/C11H12BrNO4/c1-3-17-11-9(12)6-8(4-5-13(14)15)7-10(11)16-2/h4-7H,3H2,1-2H3/b5-4-. The van der Waals surface area contributed by atoms with Gasteiger partial charge in [-0.15, -0.1) is 0 Å². The van der Waals surface area contributed by atoms with Gasteiger partial charge in [-0.2, -0.15) is 0 Å². The van der Waals surface area contributed by atoms with Gasteiger partial charge in [-0.05, 0) is 40.5 Å². The van der Waals surface area contributed by atoms with E-state index in [2.05, 4.69) is 15.9 Å². The Hall–Kier alpha value is -1.56. The van der Waals surface area contributed by atoms with Gasteiger partial charge in [0.2, 0.25) is 6.20 Å². The van der Waals surface area contributed by atoms with Gasteiger partial charge in [-0.25, -0.2) is 0 Å². The number of methoxy groups -OCH3 is 1. The first kappa shape index (κ1) is 13.5. The van der Waals surface area contributed by atoms with Crippen LogP contribution in [0.15, 0.2) is 22.8 Å². The maximum atomic E-state index is 10.2. The van der Waals surface area contributed by atoms with Crippen molar-refractivity contribution in [1.82, 2.24) is 0 Å². The van der Waals surface area contributed by atoms with Gasteiger partial charge < -0.3 is 9.47 Å². The van der Waals surface area contributed by atoms with Crippen LogP contribution < -0.4 is 9.47 Å².